The SMILES string of the molecule is CC(C)C1(C(C)C)CCC1.CC(C)C1(C(C)C)CCCC1.CC(C)C1(C(C)C)CCCCC1.CC(C)C1(C(C)C)c2ccccc2-c2ccccc21.CC(C)c1cc(C(C)C)c(C(C)C)cc1C(C)C.CC(C)c1ccc(C(C)(c2ccc(C(C)C)c(C(C)C)c2)C(F)(F)F)cc1C(C)C.c1ccccc1. The van der Waals surface area contributed by atoms with Gasteiger partial charge in [-0.05, 0) is 234 Å². The van der Waals surface area contributed by atoms with E-state index in [0.717, 1.165) is 63.2 Å². The molecule has 0 saturated heterocycles. The average Bonchev–Trinajstić information content (AvgIpc) is 1.61. The zero-order chi connectivity index (χ0) is 80.4. The largest absolute Gasteiger partial charge is 0.402 e. The van der Waals surface area contributed by atoms with Crippen LogP contribution in [0.25, 0.3) is 11.1 Å². The molecule has 4 aliphatic rings. The summed E-state index contributed by atoms with van der Waals surface area (Å²) in [5.41, 5.74) is 17.1. The van der Waals surface area contributed by atoms with Crippen molar-refractivity contribution in [1.29, 1.82) is 0 Å². The van der Waals surface area contributed by atoms with Crippen LogP contribution in [0.1, 0.15) is 420 Å². The molecule has 0 N–H and O–H groups in total. The third kappa shape index (κ3) is 21.8. The van der Waals surface area contributed by atoms with Crippen molar-refractivity contribution in [3.05, 3.63) is 200 Å². The van der Waals surface area contributed by atoms with Crippen LogP contribution in [0.5, 0.6) is 0 Å². The first-order valence-electron chi connectivity index (χ1n) is 43.1. The lowest BCUT2D eigenvalue weighted by Gasteiger charge is -2.49. The van der Waals surface area contributed by atoms with Crippen LogP contribution in [0.15, 0.2) is 133 Å². The Labute approximate surface area is 654 Å². The van der Waals surface area contributed by atoms with E-state index in [1.807, 2.05) is 76.2 Å². The first-order chi connectivity index (χ1) is 49.3. The molecule has 0 unspecified atom stereocenters. The summed E-state index contributed by atoms with van der Waals surface area (Å²) in [5, 5.41) is 0. The molecule has 0 nitrogen and oxygen atoms in total. The van der Waals surface area contributed by atoms with Gasteiger partial charge in [0.2, 0.25) is 0 Å². The summed E-state index contributed by atoms with van der Waals surface area (Å²) in [5.74, 6) is 9.79. The number of halogens is 3. The van der Waals surface area contributed by atoms with Crippen LogP contribution in [0.3, 0.4) is 0 Å². The monoisotopic (exact) mass is 1460 g/mol. The zero-order valence-electron chi connectivity index (χ0n) is 74.6. The second-order valence-electron chi connectivity index (χ2n) is 38.3. The van der Waals surface area contributed by atoms with Gasteiger partial charge in [-0.1, -0.05) is 394 Å². The highest BCUT2D eigenvalue weighted by Gasteiger charge is 2.54. The molecule has 3 heteroatoms. The minimum absolute atomic E-state index is 0.160. The summed E-state index contributed by atoms with van der Waals surface area (Å²) in [6, 6.07) is 45.6. The van der Waals surface area contributed by atoms with Gasteiger partial charge in [0.15, 0.2) is 0 Å². The maximum Gasteiger partial charge on any atom is 0.402 e. The predicted molar refractivity (Wildman–Crippen MR) is 465 cm³/mol. The van der Waals surface area contributed by atoms with Crippen LogP contribution in [0, 0.1) is 63.6 Å². The van der Waals surface area contributed by atoms with Gasteiger partial charge in [-0.15, -0.1) is 0 Å². The van der Waals surface area contributed by atoms with E-state index in [4.69, 9.17) is 0 Å². The summed E-state index contributed by atoms with van der Waals surface area (Å²) in [6.45, 7) is 74.5. The van der Waals surface area contributed by atoms with Gasteiger partial charge in [-0.2, -0.15) is 13.2 Å². The Morgan fingerprint density at radius 1 is 0.245 bits per heavy atom. The smallest absolute Gasteiger partial charge is 0.170 e. The molecule has 0 atom stereocenters. The van der Waals surface area contributed by atoms with Crippen molar-refractivity contribution in [2.45, 2.75) is 370 Å². The van der Waals surface area contributed by atoms with Crippen molar-refractivity contribution in [2.24, 2.45) is 63.6 Å². The summed E-state index contributed by atoms with van der Waals surface area (Å²) in [7, 11) is 0. The Kier molecular flexibility index (Phi) is 36.0. The Morgan fingerprint density at radius 3 is 0.670 bits per heavy atom. The van der Waals surface area contributed by atoms with E-state index < -0.39 is 11.6 Å². The van der Waals surface area contributed by atoms with Gasteiger partial charge in [0.1, 0.15) is 5.41 Å². The highest BCUT2D eigenvalue weighted by atomic mass is 19.4. The van der Waals surface area contributed by atoms with Gasteiger partial charge in [0, 0.05) is 5.41 Å². The van der Waals surface area contributed by atoms with Gasteiger partial charge in [0.05, 0.1) is 0 Å². The summed E-state index contributed by atoms with van der Waals surface area (Å²) in [4.78, 5) is 0. The van der Waals surface area contributed by atoms with Gasteiger partial charge in [0.25, 0.3) is 0 Å². The minimum Gasteiger partial charge on any atom is -0.170 e. The lowest BCUT2D eigenvalue weighted by atomic mass is 9.56. The van der Waals surface area contributed by atoms with Crippen molar-refractivity contribution < 1.29 is 13.2 Å². The minimum atomic E-state index is -4.41. The Balaban J connectivity index is 0.000000275. The molecule has 0 amide bonds. The fraction of sp³-hybridized carbons (Fsp3) is 0.650. The van der Waals surface area contributed by atoms with Crippen LogP contribution in [-0.2, 0) is 10.8 Å². The van der Waals surface area contributed by atoms with E-state index in [-0.39, 0.29) is 29.1 Å². The van der Waals surface area contributed by atoms with Crippen molar-refractivity contribution in [3.63, 3.8) is 0 Å². The number of benzene rings is 6. The van der Waals surface area contributed by atoms with E-state index in [0.29, 0.717) is 57.5 Å². The molecule has 10 rings (SSSR count). The van der Waals surface area contributed by atoms with E-state index >= 15 is 0 Å². The van der Waals surface area contributed by atoms with Gasteiger partial charge in [-0.3, -0.25) is 0 Å². The molecule has 0 heterocycles. The maximum absolute atomic E-state index is 14.7. The number of fused-ring (bicyclic) bond motifs is 3. The quantitative estimate of drug-likeness (QED) is 0.0805. The number of rotatable bonds is 18. The van der Waals surface area contributed by atoms with Gasteiger partial charge >= 0.3 is 6.18 Å². The summed E-state index contributed by atoms with van der Waals surface area (Å²) in [6.07, 6.45) is 13.3. The highest BCUT2D eigenvalue weighted by Crippen LogP contribution is 2.57. The van der Waals surface area contributed by atoms with E-state index in [9.17, 15) is 13.2 Å². The number of alkyl halides is 3. The molecular formula is C103H161F3. The second-order valence-corrected chi connectivity index (χ2v) is 38.3. The van der Waals surface area contributed by atoms with Crippen molar-refractivity contribution in [1.82, 2.24) is 0 Å². The third-order valence-corrected chi connectivity index (χ3v) is 27.2. The number of hydrogen-bond acceptors (Lipinski definition) is 0. The standard InChI is InChI=1S/C27H37F3.C19H22.C18H30.C12H24.C11H22.C10H20.C6H6/c1-16(2)22-12-10-20(14-24(22)18(5)6)26(9,27(28,29)30)21-11-13-23(17(3)4)25(15-21)19(7)8;1-13(2)19(14(3)4)17-11-7-5-9-15(17)16-10-6-8-12-18(16)19;1-11(2)15-9-17(13(5)6)18(14(7)8)10-16(15)12(3)4;1-10(2)12(11(3)4)8-6-5-7-9-12;1-9(2)11(10(3)4)7-5-6-8-11;1-8(2)10(9(3)4)6-5-7-10;1-2-4-6-5-3-1/h10-19H,1-9H3;5-14H,1-4H3;9-14H,1-8H3;10-11H,5-9H2,1-4H3;9-10H,5-8H2,1-4H3;8-9H,5-7H2,1-4H3;1-6H. The van der Waals surface area contributed by atoms with Gasteiger partial charge in [-0.25, -0.2) is 0 Å². The summed E-state index contributed by atoms with van der Waals surface area (Å²) >= 11 is 0. The molecule has 106 heavy (non-hydrogen) atoms. The fourth-order valence-corrected chi connectivity index (χ4v) is 19.9. The first kappa shape index (κ1) is 93.5. The number of hydrogen-bond donors (Lipinski definition) is 0. The van der Waals surface area contributed by atoms with Gasteiger partial charge < -0.3 is 0 Å². The molecule has 3 saturated carbocycles. The third-order valence-electron chi connectivity index (χ3n) is 27.2. The molecule has 0 aromatic heterocycles. The molecular weight excluding hydrogens is 1290 g/mol. The van der Waals surface area contributed by atoms with Crippen LogP contribution in [0.4, 0.5) is 13.2 Å². The normalized spacial score (nSPS) is 16.4. The molecule has 0 bridgehead atoms. The highest BCUT2D eigenvalue weighted by molar-refractivity contribution is 5.81. The first-order valence-corrected chi connectivity index (χ1v) is 43.1. The molecule has 0 aliphatic heterocycles. The molecule has 4 aliphatic carbocycles. The van der Waals surface area contributed by atoms with Crippen LogP contribution >= 0.6 is 0 Å². The van der Waals surface area contributed by atoms with Crippen LogP contribution < -0.4 is 0 Å². The average molecular weight is 1460 g/mol. The Bertz CT molecular complexity index is 3240. The lowest BCUT2D eigenvalue weighted by Crippen LogP contribution is -2.41. The Morgan fingerprint density at radius 2 is 0.472 bits per heavy atom. The molecule has 3 fully saturated rings. The Hall–Kier alpha value is -4.89. The van der Waals surface area contributed by atoms with Crippen molar-refractivity contribution in [3.8, 4) is 11.1 Å². The predicted octanol–water partition coefficient (Wildman–Crippen LogP) is 33.8. The zero-order valence-corrected chi connectivity index (χ0v) is 74.6. The molecule has 6 aromatic rings. The van der Waals surface area contributed by atoms with E-state index in [2.05, 4.69) is 255 Å². The summed E-state index contributed by atoms with van der Waals surface area (Å²) < 4.78 is 44.0. The second kappa shape index (κ2) is 40.9. The maximum atomic E-state index is 14.7. The molecule has 6 aromatic carbocycles. The van der Waals surface area contributed by atoms with E-state index in [1.165, 1.54) is 128 Å². The van der Waals surface area contributed by atoms with Crippen LogP contribution in [-0.4, -0.2) is 6.18 Å². The van der Waals surface area contributed by atoms with Crippen molar-refractivity contribution >= 4 is 0 Å². The molecule has 0 radical (unpaired) electrons. The lowest BCUT2D eigenvalue weighted by molar-refractivity contribution is -0.173. The van der Waals surface area contributed by atoms with Crippen molar-refractivity contribution in [2.75, 3.05) is 0 Å². The fourth-order valence-electron chi connectivity index (χ4n) is 19.9. The van der Waals surface area contributed by atoms with E-state index in [1.54, 1.807) is 24.3 Å². The molecule has 594 valence electrons. The van der Waals surface area contributed by atoms with Crippen LogP contribution in [0.2, 0.25) is 0 Å². The topological polar surface area (TPSA) is 0 Å². The molecule has 0 spiro atoms.